The number of carbonyl (C=O) groups excluding carboxylic acids is 1. The number of nitrogens with zero attached hydrogens (tertiary/aromatic N) is 1. The van der Waals surface area contributed by atoms with E-state index in [1.54, 1.807) is 0 Å². The van der Waals surface area contributed by atoms with Crippen molar-refractivity contribution in [1.82, 2.24) is 4.90 Å². The quantitative estimate of drug-likeness (QED) is 0.159. The van der Waals surface area contributed by atoms with Crippen LogP contribution in [0, 0.1) is 0 Å². The highest BCUT2D eigenvalue weighted by atomic mass is 16.2. The molecule has 0 aliphatic carbocycles. The van der Waals surface area contributed by atoms with Gasteiger partial charge in [0.2, 0.25) is 5.91 Å². The van der Waals surface area contributed by atoms with Crippen LogP contribution in [0.1, 0.15) is 149 Å². The molecule has 0 unspecified atom stereocenters. The Kier molecular flexibility index (Phi) is 24.2. The van der Waals surface area contributed by atoms with Crippen LogP contribution in [0.3, 0.4) is 0 Å². The second-order valence-electron chi connectivity index (χ2n) is 9.28. The van der Waals surface area contributed by atoms with E-state index in [1.165, 1.54) is 116 Å². The predicted octanol–water partition coefficient (Wildman–Crippen LogP) is 8.01. The van der Waals surface area contributed by atoms with Gasteiger partial charge in [-0.15, -0.1) is 0 Å². The second-order valence-corrected chi connectivity index (χ2v) is 9.28. The second kappa shape index (κ2) is 24.7. The van der Waals surface area contributed by atoms with E-state index in [9.17, 15) is 4.79 Å². The van der Waals surface area contributed by atoms with E-state index in [2.05, 4.69) is 18.7 Å². The van der Waals surface area contributed by atoms with E-state index >= 15 is 0 Å². The fourth-order valence-corrected chi connectivity index (χ4v) is 4.17. The fraction of sp³-hybridized carbons (Fsp3) is 0.963. The molecular weight excluding hydrogens is 368 g/mol. The maximum atomic E-state index is 12.8. The highest BCUT2D eigenvalue weighted by molar-refractivity contribution is 5.76. The van der Waals surface area contributed by atoms with E-state index < -0.39 is 0 Å². The molecule has 0 aliphatic rings. The standard InChI is InChI=1S/C27H56N2O/c1-3-5-7-9-13-17-21-25-29(26-22-18-14-10-8-6-4-2)27(30)23-19-15-11-12-16-20-24-28/h3-26,28H2,1-2H3. The van der Waals surface area contributed by atoms with Crippen LogP contribution in [-0.4, -0.2) is 30.4 Å². The van der Waals surface area contributed by atoms with E-state index in [1.807, 2.05) is 0 Å². The molecule has 0 aromatic heterocycles. The van der Waals surface area contributed by atoms with Gasteiger partial charge in [-0.1, -0.05) is 117 Å². The molecule has 0 bridgehead atoms. The number of carbonyl (C=O) groups is 1. The number of unbranched alkanes of at least 4 members (excludes halogenated alkanes) is 17. The van der Waals surface area contributed by atoms with Gasteiger partial charge in [0, 0.05) is 19.5 Å². The number of nitrogens with two attached hydrogens (primary N) is 1. The molecule has 30 heavy (non-hydrogen) atoms. The third-order valence-corrected chi connectivity index (χ3v) is 6.26. The minimum absolute atomic E-state index is 0.411. The third-order valence-electron chi connectivity index (χ3n) is 6.26. The van der Waals surface area contributed by atoms with Gasteiger partial charge in [-0.3, -0.25) is 4.79 Å². The number of hydrogen-bond donors (Lipinski definition) is 1. The minimum atomic E-state index is 0.411. The van der Waals surface area contributed by atoms with Gasteiger partial charge in [0.05, 0.1) is 0 Å². The lowest BCUT2D eigenvalue weighted by molar-refractivity contribution is -0.131. The van der Waals surface area contributed by atoms with Crippen LogP contribution in [0.2, 0.25) is 0 Å². The van der Waals surface area contributed by atoms with Crippen molar-refractivity contribution in [2.75, 3.05) is 19.6 Å². The van der Waals surface area contributed by atoms with Crippen LogP contribution in [-0.2, 0) is 4.79 Å². The molecule has 0 saturated carbocycles. The van der Waals surface area contributed by atoms with E-state index in [-0.39, 0.29) is 0 Å². The molecule has 0 fully saturated rings. The monoisotopic (exact) mass is 424 g/mol. The van der Waals surface area contributed by atoms with Crippen LogP contribution in [0.25, 0.3) is 0 Å². The maximum Gasteiger partial charge on any atom is 0.222 e. The maximum absolute atomic E-state index is 12.8. The normalized spacial score (nSPS) is 11.2. The molecule has 0 radical (unpaired) electrons. The molecular formula is C27H56N2O. The lowest BCUT2D eigenvalue weighted by atomic mass is 10.1. The Morgan fingerprint density at radius 3 is 1.33 bits per heavy atom. The molecule has 1 amide bonds. The highest BCUT2D eigenvalue weighted by Gasteiger charge is 2.12. The van der Waals surface area contributed by atoms with Crippen molar-refractivity contribution in [1.29, 1.82) is 0 Å². The zero-order valence-corrected chi connectivity index (χ0v) is 20.9. The van der Waals surface area contributed by atoms with Gasteiger partial charge in [-0.25, -0.2) is 0 Å². The summed E-state index contributed by atoms with van der Waals surface area (Å²) in [5, 5.41) is 0. The first-order valence-electron chi connectivity index (χ1n) is 13.7. The van der Waals surface area contributed by atoms with Gasteiger partial charge in [0.1, 0.15) is 0 Å². The average Bonchev–Trinajstić information content (AvgIpc) is 2.75. The summed E-state index contributed by atoms with van der Waals surface area (Å²) in [5.74, 6) is 0.411. The molecule has 0 spiro atoms. The van der Waals surface area contributed by atoms with Gasteiger partial charge in [-0.2, -0.15) is 0 Å². The Bertz CT molecular complexity index is 328. The van der Waals surface area contributed by atoms with Gasteiger partial charge < -0.3 is 10.6 Å². The first kappa shape index (κ1) is 29.4. The number of hydrogen-bond acceptors (Lipinski definition) is 2. The van der Waals surface area contributed by atoms with Crippen LogP contribution < -0.4 is 5.73 Å². The summed E-state index contributed by atoms with van der Waals surface area (Å²) in [6.45, 7) is 7.32. The molecule has 0 aromatic carbocycles. The molecule has 3 heteroatoms. The van der Waals surface area contributed by atoms with Gasteiger partial charge >= 0.3 is 0 Å². The van der Waals surface area contributed by atoms with Crippen molar-refractivity contribution >= 4 is 5.91 Å². The SMILES string of the molecule is CCCCCCCCCN(CCCCCCCCC)C(=O)CCCCCCCCN. The van der Waals surface area contributed by atoms with E-state index in [4.69, 9.17) is 5.73 Å². The van der Waals surface area contributed by atoms with Gasteiger partial charge in [-0.05, 0) is 32.2 Å². The molecule has 0 aliphatic heterocycles. The molecule has 0 saturated heterocycles. The summed E-state index contributed by atoms with van der Waals surface area (Å²) < 4.78 is 0. The van der Waals surface area contributed by atoms with Crippen LogP contribution in [0.4, 0.5) is 0 Å². The summed E-state index contributed by atoms with van der Waals surface area (Å²) >= 11 is 0. The largest absolute Gasteiger partial charge is 0.343 e. The first-order valence-corrected chi connectivity index (χ1v) is 13.7. The zero-order chi connectivity index (χ0) is 22.1. The fourth-order valence-electron chi connectivity index (χ4n) is 4.17. The topological polar surface area (TPSA) is 46.3 Å². The Morgan fingerprint density at radius 2 is 0.900 bits per heavy atom. The predicted molar refractivity (Wildman–Crippen MR) is 134 cm³/mol. The van der Waals surface area contributed by atoms with Crippen molar-refractivity contribution in [2.45, 2.75) is 149 Å². The van der Waals surface area contributed by atoms with Crippen molar-refractivity contribution in [3.8, 4) is 0 Å². The lowest BCUT2D eigenvalue weighted by Crippen LogP contribution is -2.32. The van der Waals surface area contributed by atoms with Crippen LogP contribution in [0.5, 0.6) is 0 Å². The molecule has 0 aromatic rings. The molecule has 2 N–H and O–H groups in total. The molecule has 0 rings (SSSR count). The van der Waals surface area contributed by atoms with Crippen molar-refractivity contribution < 1.29 is 4.79 Å². The minimum Gasteiger partial charge on any atom is -0.343 e. The van der Waals surface area contributed by atoms with Gasteiger partial charge in [0.15, 0.2) is 0 Å². The molecule has 0 heterocycles. The molecule has 0 atom stereocenters. The number of rotatable bonds is 24. The van der Waals surface area contributed by atoms with Crippen molar-refractivity contribution in [3.63, 3.8) is 0 Å². The average molecular weight is 425 g/mol. The van der Waals surface area contributed by atoms with Crippen molar-refractivity contribution in [2.24, 2.45) is 5.73 Å². The summed E-state index contributed by atoms with van der Waals surface area (Å²) in [7, 11) is 0. The summed E-state index contributed by atoms with van der Waals surface area (Å²) in [6.07, 6.45) is 26.4. The Hall–Kier alpha value is -0.570. The summed E-state index contributed by atoms with van der Waals surface area (Å²) in [4.78, 5) is 15.0. The Labute approximate surface area is 189 Å². The summed E-state index contributed by atoms with van der Waals surface area (Å²) in [6, 6.07) is 0. The lowest BCUT2D eigenvalue weighted by Gasteiger charge is -2.23. The van der Waals surface area contributed by atoms with Crippen LogP contribution in [0.15, 0.2) is 0 Å². The third kappa shape index (κ3) is 20.7. The smallest absolute Gasteiger partial charge is 0.222 e. The van der Waals surface area contributed by atoms with E-state index in [0.717, 1.165) is 38.9 Å². The van der Waals surface area contributed by atoms with Crippen LogP contribution >= 0.6 is 0 Å². The number of amides is 1. The molecule has 3 nitrogen and oxygen atoms in total. The van der Waals surface area contributed by atoms with E-state index in [0.29, 0.717) is 5.91 Å². The summed E-state index contributed by atoms with van der Waals surface area (Å²) in [5.41, 5.74) is 5.55. The Morgan fingerprint density at radius 1 is 0.533 bits per heavy atom. The Balaban J connectivity index is 4.03. The highest BCUT2D eigenvalue weighted by Crippen LogP contribution is 2.13. The molecule has 180 valence electrons. The first-order chi connectivity index (χ1) is 14.8. The zero-order valence-electron chi connectivity index (χ0n) is 20.9. The van der Waals surface area contributed by atoms with Crippen molar-refractivity contribution in [3.05, 3.63) is 0 Å². The van der Waals surface area contributed by atoms with Gasteiger partial charge in [0.25, 0.3) is 0 Å².